The molecule has 0 radical (unpaired) electrons. The Morgan fingerprint density at radius 3 is 1.67 bits per heavy atom. The number of thiol groups is 3. The molecule has 0 bridgehead atoms. The van der Waals surface area contributed by atoms with Gasteiger partial charge in [0.25, 0.3) is 0 Å². The van der Waals surface area contributed by atoms with Crippen LogP contribution in [0.5, 0.6) is 0 Å². The van der Waals surface area contributed by atoms with Crippen LogP contribution >= 0.6 is 60.5 Å². The molecule has 0 saturated carbocycles. The van der Waals surface area contributed by atoms with E-state index in [1.807, 2.05) is 0 Å². The number of halogens is 1. The molecule has 0 aliphatic rings. The Morgan fingerprint density at radius 2 is 1.67 bits per heavy atom. The monoisotopic (exact) mass is 294 g/mol. The van der Waals surface area contributed by atoms with Crippen LogP contribution in [0.25, 0.3) is 0 Å². The van der Waals surface area contributed by atoms with Crippen molar-refractivity contribution in [1.82, 2.24) is 0 Å². The molecule has 0 amide bonds. The summed E-state index contributed by atoms with van der Waals surface area (Å²) in [5.41, 5.74) is 0. The van der Waals surface area contributed by atoms with Crippen LogP contribution in [-0.4, -0.2) is 7.34 Å². The van der Waals surface area contributed by atoms with Crippen LogP contribution in [-0.2, 0) is 0 Å². The summed E-state index contributed by atoms with van der Waals surface area (Å²) >= 11 is 15.2. The highest BCUT2D eigenvalue weighted by molar-refractivity contribution is 14.1. The van der Waals surface area contributed by atoms with Crippen LogP contribution in [0.2, 0.25) is 0 Å². The molecular formula is C5H11IS3. The first kappa shape index (κ1) is 10.8. The first-order chi connectivity index (χ1) is 3.89. The summed E-state index contributed by atoms with van der Waals surface area (Å²) < 4.78 is -0.0781. The number of hydrogen-bond donors (Lipinski definition) is 3. The molecule has 0 aromatic heterocycles. The van der Waals surface area contributed by atoms with E-state index in [1.54, 1.807) is 0 Å². The Balaban J connectivity index is 4.01. The Morgan fingerprint density at radius 1 is 1.33 bits per heavy atom. The maximum absolute atomic E-state index is 4.36. The second-order valence-corrected chi connectivity index (χ2v) is 6.85. The van der Waals surface area contributed by atoms with Gasteiger partial charge in [-0.3, -0.25) is 0 Å². The van der Waals surface area contributed by atoms with E-state index in [-0.39, 0.29) is 7.34 Å². The van der Waals surface area contributed by atoms with E-state index in [1.165, 1.54) is 0 Å². The summed E-state index contributed by atoms with van der Waals surface area (Å²) in [5.74, 6) is 0.434. The molecule has 0 rings (SSSR count). The highest BCUT2D eigenvalue weighted by Gasteiger charge is 2.30. The van der Waals surface area contributed by atoms with Gasteiger partial charge in [-0.05, 0) is 5.92 Å². The predicted molar refractivity (Wildman–Crippen MR) is 62.3 cm³/mol. The van der Waals surface area contributed by atoms with E-state index in [0.717, 1.165) is 0 Å². The molecule has 4 heteroatoms. The van der Waals surface area contributed by atoms with Crippen LogP contribution in [0.3, 0.4) is 0 Å². The van der Waals surface area contributed by atoms with Gasteiger partial charge >= 0.3 is 0 Å². The summed E-state index contributed by atoms with van der Waals surface area (Å²) in [6.45, 7) is 4.17. The van der Waals surface area contributed by atoms with Crippen molar-refractivity contribution in [3.8, 4) is 0 Å². The molecule has 0 heterocycles. The quantitative estimate of drug-likeness (QED) is 0.297. The summed E-state index contributed by atoms with van der Waals surface area (Å²) in [6, 6.07) is 0. The van der Waals surface area contributed by atoms with Gasteiger partial charge in [-0.1, -0.05) is 36.4 Å². The molecule has 0 aliphatic heterocycles. The zero-order valence-corrected chi connectivity index (χ0v) is 10.2. The first-order valence-electron chi connectivity index (χ1n) is 2.66. The molecule has 9 heavy (non-hydrogen) atoms. The highest BCUT2D eigenvalue weighted by atomic mass is 127. The van der Waals surface area contributed by atoms with E-state index in [4.69, 9.17) is 0 Å². The molecule has 0 aliphatic carbocycles. The smallest absolute Gasteiger partial charge is 0.0780 e. The van der Waals surface area contributed by atoms with Gasteiger partial charge in [-0.25, -0.2) is 0 Å². The normalized spacial score (nSPS) is 16.3. The zero-order chi connectivity index (χ0) is 7.65. The molecule has 1 unspecified atom stereocenters. The lowest BCUT2D eigenvalue weighted by atomic mass is 10.1. The van der Waals surface area contributed by atoms with Crippen molar-refractivity contribution in [2.45, 2.75) is 21.2 Å². The van der Waals surface area contributed by atoms with Gasteiger partial charge in [0.2, 0.25) is 0 Å². The van der Waals surface area contributed by atoms with Crippen molar-refractivity contribution in [3.63, 3.8) is 0 Å². The van der Waals surface area contributed by atoms with E-state index in [9.17, 15) is 0 Å². The van der Waals surface area contributed by atoms with Gasteiger partial charge in [0.1, 0.15) is 0 Å². The van der Waals surface area contributed by atoms with Crippen molar-refractivity contribution in [1.29, 1.82) is 0 Å². The molecule has 0 aromatic carbocycles. The Labute approximate surface area is 86.9 Å². The minimum Gasteiger partial charge on any atom is -0.163 e. The van der Waals surface area contributed by atoms with Gasteiger partial charge in [0, 0.05) is 0 Å². The average molecular weight is 294 g/mol. The summed E-state index contributed by atoms with van der Waals surface area (Å²) in [6.07, 6.45) is 0. The van der Waals surface area contributed by atoms with E-state index >= 15 is 0 Å². The van der Waals surface area contributed by atoms with Gasteiger partial charge in [-0.2, -0.15) is 37.9 Å². The highest BCUT2D eigenvalue weighted by Crippen LogP contribution is 2.38. The Hall–Kier alpha value is 1.78. The SMILES string of the molecule is CC(C)C(S)(S)C(S)I. The summed E-state index contributed by atoms with van der Waals surface area (Å²) in [4.78, 5) is 0. The maximum atomic E-state index is 4.36. The zero-order valence-electron chi connectivity index (χ0n) is 5.37. The molecule has 56 valence electrons. The molecule has 0 aromatic rings. The van der Waals surface area contributed by atoms with Crippen molar-refractivity contribution in [3.05, 3.63) is 0 Å². The van der Waals surface area contributed by atoms with Crippen LogP contribution < -0.4 is 0 Å². The van der Waals surface area contributed by atoms with Crippen molar-refractivity contribution >= 4 is 60.5 Å². The van der Waals surface area contributed by atoms with Crippen molar-refractivity contribution in [2.24, 2.45) is 5.92 Å². The Bertz CT molecular complexity index is 80.2. The van der Waals surface area contributed by atoms with E-state index in [0.29, 0.717) is 5.92 Å². The number of hydrogen-bond acceptors (Lipinski definition) is 3. The van der Waals surface area contributed by atoms with Crippen molar-refractivity contribution < 1.29 is 0 Å². The molecular weight excluding hydrogens is 283 g/mol. The number of alkyl halides is 1. The summed E-state index contributed by atoms with van der Waals surface area (Å²) in [5, 5.41) is 0. The molecule has 0 spiro atoms. The fourth-order valence-electron chi connectivity index (χ4n) is 0.275. The van der Waals surface area contributed by atoms with Crippen LogP contribution in [0.4, 0.5) is 0 Å². The lowest BCUT2D eigenvalue weighted by Gasteiger charge is -2.29. The van der Waals surface area contributed by atoms with Crippen LogP contribution in [0.1, 0.15) is 13.8 Å². The molecule has 0 N–H and O–H groups in total. The average Bonchev–Trinajstić information content (AvgIpc) is 1.65. The topological polar surface area (TPSA) is 0 Å². The molecule has 0 saturated heterocycles. The minimum absolute atomic E-state index is 0.182. The van der Waals surface area contributed by atoms with Gasteiger partial charge < -0.3 is 0 Å². The van der Waals surface area contributed by atoms with Crippen LogP contribution in [0.15, 0.2) is 0 Å². The first-order valence-corrected chi connectivity index (χ1v) is 5.31. The predicted octanol–water partition coefficient (Wildman–Crippen LogP) is 2.89. The van der Waals surface area contributed by atoms with Crippen LogP contribution in [0, 0.1) is 5.92 Å². The third-order valence-corrected chi connectivity index (χ3v) is 5.53. The third kappa shape index (κ3) is 3.12. The maximum Gasteiger partial charge on any atom is 0.0780 e. The molecule has 1 atom stereocenters. The van der Waals surface area contributed by atoms with Crippen molar-refractivity contribution in [2.75, 3.05) is 0 Å². The second-order valence-electron chi connectivity index (χ2n) is 2.27. The Kier molecular flexibility index (Phi) is 4.76. The largest absolute Gasteiger partial charge is 0.163 e. The minimum atomic E-state index is -0.260. The number of rotatable bonds is 2. The van der Waals surface area contributed by atoms with E-state index in [2.05, 4.69) is 74.3 Å². The van der Waals surface area contributed by atoms with Gasteiger partial charge in [-0.15, -0.1) is 0 Å². The summed E-state index contributed by atoms with van der Waals surface area (Å²) in [7, 11) is 0. The molecule has 0 fully saturated rings. The van der Waals surface area contributed by atoms with Gasteiger partial charge in [0.15, 0.2) is 0 Å². The third-order valence-electron chi connectivity index (χ3n) is 1.20. The fraction of sp³-hybridized carbons (Fsp3) is 1.00. The molecule has 0 nitrogen and oxygen atoms in total. The fourth-order valence-corrected chi connectivity index (χ4v) is 1.29. The lowest BCUT2D eigenvalue weighted by Crippen LogP contribution is -2.28. The second kappa shape index (κ2) is 3.97. The van der Waals surface area contributed by atoms with E-state index < -0.39 is 0 Å². The van der Waals surface area contributed by atoms with Gasteiger partial charge in [0.05, 0.1) is 7.34 Å². The lowest BCUT2D eigenvalue weighted by molar-refractivity contribution is 0.612. The standard InChI is InChI=1S/C5H11IS3/c1-3(2)5(8,9)4(6)7/h3-4,7-9H,1-2H3.